The van der Waals surface area contributed by atoms with Crippen LogP contribution in [0, 0.1) is 11.6 Å². The molecule has 1 N–H and O–H groups in total. The van der Waals surface area contributed by atoms with E-state index in [-0.39, 0.29) is 22.5 Å². The lowest BCUT2D eigenvalue weighted by atomic mass is 10.0. The molecule has 7 nitrogen and oxygen atoms in total. The van der Waals surface area contributed by atoms with Gasteiger partial charge in [-0.3, -0.25) is 9.48 Å². The number of benzene rings is 1. The number of anilines is 1. The molecule has 0 radical (unpaired) electrons. The van der Waals surface area contributed by atoms with Crippen LogP contribution in [0.15, 0.2) is 18.3 Å². The van der Waals surface area contributed by atoms with Gasteiger partial charge in [-0.05, 0) is 18.9 Å². The van der Waals surface area contributed by atoms with E-state index in [1.165, 1.54) is 17.8 Å². The first-order valence-electron chi connectivity index (χ1n) is 10.6. The van der Waals surface area contributed by atoms with Gasteiger partial charge >= 0.3 is 6.18 Å². The van der Waals surface area contributed by atoms with Crippen molar-refractivity contribution >= 4 is 22.6 Å². The number of aromatic nitrogens is 3. The molecule has 1 amide bonds. The lowest BCUT2D eigenvalue weighted by Crippen LogP contribution is -2.56. The molecular weight excluding hydrogens is 461 g/mol. The summed E-state index contributed by atoms with van der Waals surface area (Å²) in [4.78, 5) is 20.2. The van der Waals surface area contributed by atoms with Gasteiger partial charge in [0.2, 0.25) is 5.91 Å². The van der Waals surface area contributed by atoms with Crippen molar-refractivity contribution in [3.63, 3.8) is 0 Å². The van der Waals surface area contributed by atoms with Crippen LogP contribution in [0.1, 0.15) is 25.3 Å². The van der Waals surface area contributed by atoms with Crippen molar-refractivity contribution in [2.45, 2.75) is 31.5 Å². The standard InChI is InChI=1S/C22H20F5N5O2/c1-11(33)31-5-6-32(21(10-31)3-4-21)16-8-15-13(9-28-16)19(29-30(15)2)12-7-14(22(25,26)27)18(24)20(34)17(12)23/h7-9,34H,3-6,10H2,1-2H3. The highest BCUT2D eigenvalue weighted by Crippen LogP contribution is 2.47. The smallest absolute Gasteiger partial charge is 0.419 e. The molecule has 2 aliphatic rings. The van der Waals surface area contributed by atoms with Gasteiger partial charge in [0.1, 0.15) is 11.5 Å². The average Bonchev–Trinajstić information content (AvgIpc) is 3.46. The lowest BCUT2D eigenvalue weighted by Gasteiger charge is -2.42. The minimum Gasteiger partial charge on any atom is -0.503 e. The third-order valence-electron chi connectivity index (χ3n) is 6.66. The van der Waals surface area contributed by atoms with Gasteiger partial charge in [-0.25, -0.2) is 13.8 Å². The molecule has 1 saturated carbocycles. The van der Waals surface area contributed by atoms with Crippen molar-refractivity contribution in [1.29, 1.82) is 0 Å². The first-order chi connectivity index (χ1) is 15.9. The summed E-state index contributed by atoms with van der Waals surface area (Å²) in [5.41, 5.74) is -2.40. The van der Waals surface area contributed by atoms with Gasteiger partial charge in [-0.2, -0.15) is 18.3 Å². The Morgan fingerprint density at radius 1 is 1.15 bits per heavy atom. The molecule has 3 heterocycles. The van der Waals surface area contributed by atoms with Crippen molar-refractivity contribution in [3.8, 4) is 17.0 Å². The zero-order chi connectivity index (χ0) is 24.6. The van der Waals surface area contributed by atoms with E-state index in [9.17, 15) is 31.9 Å². The molecule has 180 valence electrons. The van der Waals surface area contributed by atoms with Crippen molar-refractivity contribution in [2.24, 2.45) is 7.05 Å². The molecule has 2 aromatic heterocycles. The predicted octanol–water partition coefficient (Wildman–Crippen LogP) is 3.84. The van der Waals surface area contributed by atoms with Crippen LogP contribution < -0.4 is 4.90 Å². The summed E-state index contributed by atoms with van der Waals surface area (Å²) >= 11 is 0. The summed E-state index contributed by atoms with van der Waals surface area (Å²) in [6, 6.07) is 2.02. The second-order valence-corrected chi connectivity index (χ2v) is 8.79. The second-order valence-electron chi connectivity index (χ2n) is 8.79. The third kappa shape index (κ3) is 3.34. The predicted molar refractivity (Wildman–Crippen MR) is 112 cm³/mol. The van der Waals surface area contributed by atoms with E-state index in [2.05, 4.69) is 15.0 Å². The molecule has 1 aromatic carbocycles. The van der Waals surface area contributed by atoms with Gasteiger partial charge in [-0.1, -0.05) is 0 Å². The van der Waals surface area contributed by atoms with Gasteiger partial charge in [0.25, 0.3) is 0 Å². The van der Waals surface area contributed by atoms with Crippen molar-refractivity contribution in [3.05, 3.63) is 35.5 Å². The van der Waals surface area contributed by atoms with Gasteiger partial charge in [0, 0.05) is 56.8 Å². The molecule has 0 atom stereocenters. The summed E-state index contributed by atoms with van der Waals surface area (Å²) in [6.45, 7) is 3.22. The second kappa shape index (κ2) is 7.28. The maximum absolute atomic E-state index is 14.7. The Kier molecular flexibility index (Phi) is 4.79. The van der Waals surface area contributed by atoms with Crippen LogP contribution in [0.25, 0.3) is 22.2 Å². The summed E-state index contributed by atoms with van der Waals surface area (Å²) in [6.07, 6.45) is -1.96. The fraction of sp³-hybridized carbons (Fsp3) is 0.409. The summed E-state index contributed by atoms with van der Waals surface area (Å²) in [7, 11) is 1.54. The summed E-state index contributed by atoms with van der Waals surface area (Å²) in [5.74, 6) is -4.71. The van der Waals surface area contributed by atoms with E-state index in [0.717, 1.165) is 12.8 Å². The molecule has 3 aromatic rings. The SMILES string of the molecule is CC(=O)N1CCN(c2cc3c(cn2)c(-c2cc(C(F)(F)F)c(F)c(O)c2F)nn3C)C2(CC2)C1. The maximum atomic E-state index is 14.7. The van der Waals surface area contributed by atoms with Crippen molar-refractivity contribution < 1.29 is 31.9 Å². The number of fused-ring (bicyclic) bond motifs is 1. The average molecular weight is 481 g/mol. The Hall–Kier alpha value is -3.44. The van der Waals surface area contributed by atoms with E-state index >= 15 is 0 Å². The number of hydrogen-bond donors (Lipinski definition) is 1. The van der Waals surface area contributed by atoms with Crippen molar-refractivity contribution in [2.75, 3.05) is 24.5 Å². The summed E-state index contributed by atoms with van der Waals surface area (Å²) < 4.78 is 69.7. The number of aromatic hydroxyl groups is 1. The largest absolute Gasteiger partial charge is 0.503 e. The van der Waals surface area contributed by atoms with Crippen LogP contribution >= 0.6 is 0 Å². The zero-order valence-corrected chi connectivity index (χ0v) is 18.2. The first kappa shape index (κ1) is 22.4. The van der Waals surface area contributed by atoms with E-state index in [0.29, 0.717) is 37.0 Å². The number of phenolic OH excluding ortho intramolecular Hbond substituents is 1. The number of piperazine rings is 1. The monoisotopic (exact) mass is 481 g/mol. The lowest BCUT2D eigenvalue weighted by molar-refractivity contribution is -0.140. The number of rotatable bonds is 2. The number of carbonyl (C=O) groups excluding carboxylic acids is 1. The number of phenols is 1. The third-order valence-corrected chi connectivity index (χ3v) is 6.66. The van der Waals surface area contributed by atoms with Crippen LogP contribution in [-0.4, -0.2) is 55.9 Å². The minimum absolute atomic E-state index is 0.00779. The number of amides is 1. The van der Waals surface area contributed by atoms with Crippen LogP contribution in [0.4, 0.5) is 27.8 Å². The van der Waals surface area contributed by atoms with E-state index < -0.39 is 34.7 Å². The quantitative estimate of drug-likeness (QED) is 0.563. The topological polar surface area (TPSA) is 74.5 Å². The molecule has 0 unspecified atom stereocenters. The molecular formula is C22H20F5N5O2. The van der Waals surface area contributed by atoms with Crippen LogP contribution in [0.3, 0.4) is 0 Å². The Balaban J connectivity index is 1.59. The highest BCUT2D eigenvalue weighted by atomic mass is 19.4. The number of alkyl halides is 3. The Labute approximate surface area is 190 Å². The number of halogens is 5. The van der Waals surface area contributed by atoms with Crippen LogP contribution in [0.5, 0.6) is 5.75 Å². The molecule has 1 saturated heterocycles. The molecule has 12 heteroatoms. The molecule has 2 fully saturated rings. The molecule has 1 spiro atoms. The van der Waals surface area contributed by atoms with Crippen LogP contribution in [0.2, 0.25) is 0 Å². The Morgan fingerprint density at radius 3 is 2.47 bits per heavy atom. The molecule has 5 rings (SSSR count). The first-order valence-corrected chi connectivity index (χ1v) is 10.6. The molecule has 34 heavy (non-hydrogen) atoms. The number of pyridine rings is 1. The number of carbonyl (C=O) groups is 1. The molecule has 1 aliphatic heterocycles. The van der Waals surface area contributed by atoms with Crippen molar-refractivity contribution in [1.82, 2.24) is 19.7 Å². The van der Waals surface area contributed by atoms with E-state index in [4.69, 9.17) is 0 Å². The number of nitrogens with zero attached hydrogens (tertiary/aromatic N) is 5. The minimum atomic E-state index is -5.14. The number of aryl methyl sites for hydroxylation is 1. The maximum Gasteiger partial charge on any atom is 0.419 e. The summed E-state index contributed by atoms with van der Waals surface area (Å²) in [5, 5.41) is 14.1. The van der Waals surface area contributed by atoms with Gasteiger partial charge < -0.3 is 14.9 Å². The Bertz CT molecular complexity index is 1330. The van der Waals surface area contributed by atoms with Crippen LogP contribution in [-0.2, 0) is 18.0 Å². The fourth-order valence-corrected chi connectivity index (χ4v) is 4.67. The molecule has 1 aliphatic carbocycles. The highest BCUT2D eigenvalue weighted by Gasteiger charge is 2.52. The van der Waals surface area contributed by atoms with Gasteiger partial charge in [-0.15, -0.1) is 0 Å². The van der Waals surface area contributed by atoms with Gasteiger partial charge in [0.15, 0.2) is 17.4 Å². The zero-order valence-electron chi connectivity index (χ0n) is 18.2. The number of hydrogen-bond acceptors (Lipinski definition) is 5. The molecule has 0 bridgehead atoms. The van der Waals surface area contributed by atoms with E-state index in [1.807, 2.05) is 0 Å². The highest BCUT2D eigenvalue weighted by molar-refractivity contribution is 5.94. The Morgan fingerprint density at radius 2 is 1.85 bits per heavy atom. The fourth-order valence-electron chi connectivity index (χ4n) is 4.67. The normalized spacial score (nSPS) is 17.6. The van der Waals surface area contributed by atoms with E-state index in [1.54, 1.807) is 18.0 Å². The van der Waals surface area contributed by atoms with Gasteiger partial charge in [0.05, 0.1) is 16.6 Å².